The van der Waals surface area contributed by atoms with Gasteiger partial charge in [-0.1, -0.05) is 18.2 Å². The van der Waals surface area contributed by atoms with Crippen molar-refractivity contribution in [3.63, 3.8) is 0 Å². The van der Waals surface area contributed by atoms with Gasteiger partial charge in [-0.05, 0) is 36.8 Å². The predicted molar refractivity (Wildman–Crippen MR) is 99.8 cm³/mol. The van der Waals surface area contributed by atoms with E-state index >= 15 is 0 Å². The molecule has 0 heterocycles. The van der Waals surface area contributed by atoms with Crippen LogP contribution in [-0.4, -0.2) is 35.1 Å². The standard InChI is InChI=1S/C20H16F4N2O2S/c1-13(27)16-6-7-18(17(21)8-16)29-11-19(28)26(12-20(22,23)24)10-15-4-2-14(9-25)3-5-15/h2-8H,10-12H2,1H3. The van der Waals surface area contributed by atoms with Crippen LogP contribution in [0.4, 0.5) is 17.6 Å². The molecule has 2 aromatic rings. The fourth-order valence-electron chi connectivity index (χ4n) is 2.42. The summed E-state index contributed by atoms with van der Waals surface area (Å²) in [5.41, 5.74) is 0.948. The number of carbonyl (C=O) groups is 2. The first-order valence-electron chi connectivity index (χ1n) is 8.36. The first-order chi connectivity index (χ1) is 13.6. The Kier molecular flexibility index (Phi) is 7.40. The van der Waals surface area contributed by atoms with Crippen LogP contribution in [0.3, 0.4) is 0 Å². The van der Waals surface area contributed by atoms with Crippen LogP contribution in [0.15, 0.2) is 47.4 Å². The number of Topliss-reactive ketones (excluding diaryl/α,β-unsaturated/α-hetero) is 1. The highest BCUT2D eigenvalue weighted by Crippen LogP contribution is 2.25. The summed E-state index contributed by atoms with van der Waals surface area (Å²) in [5.74, 6) is -2.25. The molecule has 2 rings (SSSR count). The molecule has 9 heteroatoms. The van der Waals surface area contributed by atoms with E-state index in [2.05, 4.69) is 0 Å². The second kappa shape index (κ2) is 9.56. The number of nitriles is 1. The Morgan fingerprint density at radius 3 is 2.31 bits per heavy atom. The zero-order valence-corrected chi connectivity index (χ0v) is 16.1. The highest BCUT2D eigenvalue weighted by Gasteiger charge is 2.33. The second-order valence-electron chi connectivity index (χ2n) is 6.16. The molecule has 0 atom stereocenters. The minimum Gasteiger partial charge on any atom is -0.329 e. The van der Waals surface area contributed by atoms with Gasteiger partial charge in [0.25, 0.3) is 0 Å². The number of rotatable bonds is 7. The van der Waals surface area contributed by atoms with Gasteiger partial charge in [-0.3, -0.25) is 9.59 Å². The van der Waals surface area contributed by atoms with Gasteiger partial charge in [0, 0.05) is 17.0 Å². The number of carbonyl (C=O) groups excluding carboxylic acids is 2. The number of alkyl halides is 3. The number of nitrogens with zero attached hydrogens (tertiary/aromatic N) is 2. The van der Waals surface area contributed by atoms with Gasteiger partial charge in [0.15, 0.2) is 5.78 Å². The average molecular weight is 424 g/mol. The molecular weight excluding hydrogens is 408 g/mol. The van der Waals surface area contributed by atoms with E-state index in [0.29, 0.717) is 16.0 Å². The highest BCUT2D eigenvalue weighted by molar-refractivity contribution is 8.00. The van der Waals surface area contributed by atoms with E-state index in [4.69, 9.17) is 5.26 Å². The van der Waals surface area contributed by atoms with Crippen molar-refractivity contribution in [2.45, 2.75) is 24.5 Å². The SMILES string of the molecule is CC(=O)c1ccc(SCC(=O)N(Cc2ccc(C#N)cc2)CC(F)(F)F)c(F)c1. The maximum absolute atomic E-state index is 14.0. The van der Waals surface area contributed by atoms with E-state index in [1.165, 1.54) is 43.3 Å². The van der Waals surface area contributed by atoms with E-state index in [9.17, 15) is 27.2 Å². The van der Waals surface area contributed by atoms with Crippen LogP contribution >= 0.6 is 11.8 Å². The van der Waals surface area contributed by atoms with Crippen molar-refractivity contribution < 1.29 is 27.2 Å². The van der Waals surface area contributed by atoms with Crippen LogP contribution in [0.25, 0.3) is 0 Å². The lowest BCUT2D eigenvalue weighted by Crippen LogP contribution is -2.39. The third-order valence-corrected chi connectivity index (χ3v) is 4.90. The highest BCUT2D eigenvalue weighted by atomic mass is 32.2. The van der Waals surface area contributed by atoms with Gasteiger partial charge >= 0.3 is 6.18 Å². The molecular formula is C20H16F4N2O2S. The average Bonchev–Trinajstić information content (AvgIpc) is 2.65. The third kappa shape index (κ3) is 6.91. The van der Waals surface area contributed by atoms with Gasteiger partial charge in [0.2, 0.25) is 5.91 Å². The molecule has 0 aromatic heterocycles. The number of ketones is 1. The monoisotopic (exact) mass is 424 g/mol. The molecule has 0 saturated heterocycles. The van der Waals surface area contributed by atoms with E-state index < -0.39 is 30.2 Å². The first-order valence-corrected chi connectivity index (χ1v) is 9.34. The first kappa shape index (κ1) is 22.4. The van der Waals surface area contributed by atoms with Gasteiger partial charge in [-0.2, -0.15) is 18.4 Å². The van der Waals surface area contributed by atoms with Gasteiger partial charge in [0.1, 0.15) is 12.4 Å². The number of hydrogen-bond donors (Lipinski definition) is 0. The zero-order valence-electron chi connectivity index (χ0n) is 15.3. The lowest BCUT2D eigenvalue weighted by Gasteiger charge is -2.24. The van der Waals surface area contributed by atoms with Crippen LogP contribution < -0.4 is 0 Å². The molecule has 0 N–H and O–H groups in total. The van der Waals surface area contributed by atoms with Gasteiger partial charge in [0.05, 0.1) is 17.4 Å². The second-order valence-corrected chi connectivity index (χ2v) is 7.18. The van der Waals surface area contributed by atoms with Crippen LogP contribution in [0.1, 0.15) is 28.4 Å². The summed E-state index contributed by atoms with van der Waals surface area (Å²) in [7, 11) is 0. The normalized spacial score (nSPS) is 11.0. The zero-order chi connectivity index (χ0) is 21.6. The van der Waals surface area contributed by atoms with Crippen molar-refractivity contribution in [2.24, 2.45) is 0 Å². The van der Waals surface area contributed by atoms with Crippen LogP contribution in [-0.2, 0) is 11.3 Å². The minimum absolute atomic E-state index is 0.0636. The lowest BCUT2D eigenvalue weighted by molar-refractivity contribution is -0.160. The Bertz CT molecular complexity index is 937. The Balaban J connectivity index is 2.10. The molecule has 0 radical (unpaired) electrons. The van der Waals surface area contributed by atoms with Crippen molar-refractivity contribution in [3.8, 4) is 6.07 Å². The van der Waals surface area contributed by atoms with Gasteiger partial charge in [-0.25, -0.2) is 4.39 Å². The summed E-state index contributed by atoms with van der Waals surface area (Å²) in [6, 6.07) is 11.5. The summed E-state index contributed by atoms with van der Waals surface area (Å²) in [5, 5.41) is 8.78. The third-order valence-electron chi connectivity index (χ3n) is 3.87. The van der Waals surface area contributed by atoms with Crippen molar-refractivity contribution in [1.29, 1.82) is 5.26 Å². The molecule has 2 aromatic carbocycles. The summed E-state index contributed by atoms with van der Waals surface area (Å²) in [6.07, 6.45) is -4.60. The number of amides is 1. The Morgan fingerprint density at radius 2 is 1.79 bits per heavy atom. The Morgan fingerprint density at radius 1 is 1.14 bits per heavy atom. The molecule has 0 bridgehead atoms. The van der Waals surface area contributed by atoms with Crippen LogP contribution in [0.5, 0.6) is 0 Å². The molecule has 29 heavy (non-hydrogen) atoms. The van der Waals surface area contributed by atoms with E-state index in [-0.39, 0.29) is 22.8 Å². The fourth-order valence-corrected chi connectivity index (χ4v) is 3.24. The van der Waals surface area contributed by atoms with Gasteiger partial charge < -0.3 is 4.90 Å². The van der Waals surface area contributed by atoms with Crippen molar-refractivity contribution in [2.75, 3.05) is 12.3 Å². The molecule has 0 aliphatic heterocycles. The number of thioether (sulfide) groups is 1. The van der Waals surface area contributed by atoms with Gasteiger partial charge in [-0.15, -0.1) is 11.8 Å². The van der Waals surface area contributed by atoms with E-state index in [1.807, 2.05) is 6.07 Å². The summed E-state index contributed by atoms with van der Waals surface area (Å²) >= 11 is 0.759. The van der Waals surface area contributed by atoms with Crippen molar-refractivity contribution in [3.05, 3.63) is 65.0 Å². The van der Waals surface area contributed by atoms with E-state index in [1.54, 1.807) is 0 Å². The molecule has 0 fully saturated rings. The Labute approximate surface area is 169 Å². The summed E-state index contributed by atoms with van der Waals surface area (Å²) < 4.78 is 52.7. The molecule has 0 aliphatic carbocycles. The maximum Gasteiger partial charge on any atom is 0.406 e. The van der Waals surface area contributed by atoms with E-state index in [0.717, 1.165) is 17.8 Å². The lowest BCUT2D eigenvalue weighted by atomic mass is 10.1. The minimum atomic E-state index is -4.60. The quantitative estimate of drug-likeness (QED) is 0.371. The molecule has 4 nitrogen and oxygen atoms in total. The number of hydrogen-bond acceptors (Lipinski definition) is 4. The summed E-state index contributed by atoms with van der Waals surface area (Å²) in [6.45, 7) is -0.461. The Hall–Kier alpha value is -2.86. The largest absolute Gasteiger partial charge is 0.406 e. The smallest absolute Gasteiger partial charge is 0.329 e. The predicted octanol–water partition coefficient (Wildman–Crippen LogP) is 4.58. The molecule has 1 amide bonds. The molecule has 0 aliphatic rings. The number of benzene rings is 2. The molecule has 0 spiro atoms. The maximum atomic E-state index is 14.0. The molecule has 152 valence electrons. The number of halogens is 4. The summed E-state index contributed by atoms with van der Waals surface area (Å²) in [4.78, 5) is 24.3. The van der Waals surface area contributed by atoms with Crippen LogP contribution in [0, 0.1) is 17.1 Å². The molecule has 0 unspecified atom stereocenters. The topological polar surface area (TPSA) is 61.2 Å². The van der Waals surface area contributed by atoms with Crippen molar-refractivity contribution in [1.82, 2.24) is 4.90 Å². The van der Waals surface area contributed by atoms with Crippen molar-refractivity contribution >= 4 is 23.5 Å². The van der Waals surface area contributed by atoms with Crippen LogP contribution in [0.2, 0.25) is 0 Å². The molecule has 0 saturated carbocycles. The fraction of sp³-hybridized carbons (Fsp3) is 0.250.